The Hall–Kier alpha value is -2.57. The van der Waals surface area contributed by atoms with Crippen molar-refractivity contribution in [2.45, 2.75) is 13.0 Å². The molecule has 0 radical (unpaired) electrons. The topological polar surface area (TPSA) is 89.2 Å². The van der Waals surface area contributed by atoms with E-state index in [9.17, 15) is 9.59 Å². The number of carbonyl (C=O) groups is 2. The number of rotatable bonds is 3. The van der Waals surface area contributed by atoms with E-state index < -0.39 is 0 Å². The fourth-order valence-corrected chi connectivity index (χ4v) is 1.88. The highest BCUT2D eigenvalue weighted by molar-refractivity contribution is 6.05. The normalized spacial score (nSPS) is 15.3. The number of ketones is 1. The lowest BCUT2D eigenvalue weighted by molar-refractivity contribution is -0.128. The molecule has 0 bridgehead atoms. The van der Waals surface area contributed by atoms with Crippen molar-refractivity contribution in [2.75, 3.05) is 6.54 Å². The molecule has 0 atom stereocenters. The molecule has 1 fully saturated rings. The van der Waals surface area contributed by atoms with E-state index in [1.165, 1.54) is 4.90 Å². The minimum absolute atomic E-state index is 0.0381. The Balaban J connectivity index is 1.75. The molecule has 1 aliphatic heterocycles. The zero-order chi connectivity index (χ0) is 13.2. The maximum Gasteiger partial charge on any atom is 0.246 e. The highest BCUT2D eigenvalue weighted by Crippen LogP contribution is 2.16. The fourth-order valence-electron chi connectivity index (χ4n) is 1.88. The van der Waals surface area contributed by atoms with Crippen molar-refractivity contribution >= 4 is 11.7 Å². The molecule has 7 nitrogen and oxygen atoms in total. The maximum atomic E-state index is 11.5. The van der Waals surface area contributed by atoms with E-state index in [4.69, 9.17) is 4.52 Å². The van der Waals surface area contributed by atoms with Crippen LogP contribution in [-0.4, -0.2) is 38.3 Å². The van der Waals surface area contributed by atoms with Gasteiger partial charge in [-0.15, -0.1) is 0 Å². The average Bonchev–Trinajstić information content (AvgIpc) is 2.99. The van der Waals surface area contributed by atoms with Crippen LogP contribution >= 0.6 is 0 Å². The largest absolute Gasteiger partial charge is 0.337 e. The number of pyridine rings is 1. The Kier molecular flexibility index (Phi) is 2.79. The molecule has 0 N–H and O–H groups in total. The van der Waals surface area contributed by atoms with Gasteiger partial charge in [0.2, 0.25) is 17.6 Å². The lowest BCUT2D eigenvalue weighted by Crippen LogP contribution is -2.24. The standard InChI is InChI=1S/C12H10N4O3/c17-9-4-11(18)16(6-9)7-10-14-12(15-19-10)8-2-1-3-13-5-8/h1-3,5H,4,6-7H2. The summed E-state index contributed by atoms with van der Waals surface area (Å²) in [6.45, 7) is 0.279. The molecule has 0 aromatic carbocycles. The first-order chi connectivity index (χ1) is 9.22. The molecule has 3 heterocycles. The monoisotopic (exact) mass is 258 g/mol. The van der Waals surface area contributed by atoms with E-state index in [0.717, 1.165) is 5.56 Å². The summed E-state index contributed by atoms with van der Waals surface area (Å²) in [6.07, 6.45) is 3.24. The van der Waals surface area contributed by atoms with Crippen molar-refractivity contribution in [1.82, 2.24) is 20.0 Å². The Bertz CT molecular complexity index is 623. The molecule has 7 heteroatoms. The van der Waals surface area contributed by atoms with Crippen LogP contribution in [-0.2, 0) is 16.1 Å². The molecule has 0 saturated carbocycles. The summed E-state index contributed by atoms with van der Waals surface area (Å²) in [5, 5.41) is 3.82. The van der Waals surface area contributed by atoms with Crippen LogP contribution in [0.3, 0.4) is 0 Å². The van der Waals surface area contributed by atoms with Crippen LogP contribution in [0, 0.1) is 0 Å². The Morgan fingerprint density at radius 1 is 1.37 bits per heavy atom. The highest BCUT2D eigenvalue weighted by Gasteiger charge is 2.28. The molecule has 2 aromatic rings. The van der Waals surface area contributed by atoms with Gasteiger partial charge in [-0.1, -0.05) is 5.16 Å². The van der Waals surface area contributed by atoms with Gasteiger partial charge in [-0.25, -0.2) is 0 Å². The van der Waals surface area contributed by atoms with Gasteiger partial charge in [0.25, 0.3) is 0 Å². The van der Waals surface area contributed by atoms with Crippen molar-refractivity contribution in [3.63, 3.8) is 0 Å². The summed E-state index contributed by atoms with van der Waals surface area (Å²) < 4.78 is 5.07. The minimum Gasteiger partial charge on any atom is -0.337 e. The lowest BCUT2D eigenvalue weighted by atomic mass is 10.3. The van der Waals surface area contributed by atoms with Crippen molar-refractivity contribution < 1.29 is 14.1 Å². The second-order valence-corrected chi connectivity index (χ2v) is 4.22. The molecule has 96 valence electrons. The zero-order valence-corrected chi connectivity index (χ0v) is 9.94. The number of hydrogen-bond donors (Lipinski definition) is 0. The van der Waals surface area contributed by atoms with Crippen LogP contribution in [0.5, 0.6) is 0 Å². The number of likely N-dealkylation sites (tertiary alicyclic amines) is 1. The van der Waals surface area contributed by atoms with Crippen molar-refractivity contribution in [2.24, 2.45) is 0 Å². The van der Waals surface area contributed by atoms with Gasteiger partial charge in [0, 0.05) is 18.0 Å². The predicted molar refractivity (Wildman–Crippen MR) is 62.6 cm³/mol. The van der Waals surface area contributed by atoms with Gasteiger partial charge in [-0.05, 0) is 12.1 Å². The Morgan fingerprint density at radius 2 is 2.26 bits per heavy atom. The lowest BCUT2D eigenvalue weighted by Gasteiger charge is -2.10. The maximum absolute atomic E-state index is 11.5. The summed E-state index contributed by atoms with van der Waals surface area (Å²) in [7, 11) is 0. The number of Topliss-reactive ketones (excluding diaryl/α,β-unsaturated/α-hetero) is 1. The van der Waals surface area contributed by atoms with Gasteiger partial charge in [-0.2, -0.15) is 4.98 Å². The van der Waals surface area contributed by atoms with Crippen molar-refractivity contribution in [1.29, 1.82) is 0 Å². The van der Waals surface area contributed by atoms with E-state index in [0.29, 0.717) is 11.7 Å². The average molecular weight is 258 g/mol. The summed E-state index contributed by atoms with van der Waals surface area (Å²) in [6, 6.07) is 3.58. The van der Waals surface area contributed by atoms with Gasteiger partial charge < -0.3 is 9.42 Å². The molecule has 1 aliphatic rings. The van der Waals surface area contributed by atoms with Crippen LogP contribution in [0.25, 0.3) is 11.4 Å². The van der Waals surface area contributed by atoms with E-state index in [2.05, 4.69) is 15.1 Å². The molecule has 0 aliphatic carbocycles. The summed E-state index contributed by atoms with van der Waals surface area (Å²) in [5.41, 5.74) is 0.737. The van der Waals surface area contributed by atoms with Gasteiger partial charge in [0.05, 0.1) is 13.0 Å². The molecule has 1 saturated heterocycles. The van der Waals surface area contributed by atoms with Crippen molar-refractivity contribution in [3.8, 4) is 11.4 Å². The van der Waals surface area contributed by atoms with Crippen molar-refractivity contribution in [3.05, 3.63) is 30.4 Å². The van der Waals surface area contributed by atoms with Gasteiger partial charge in [-0.3, -0.25) is 14.6 Å². The molecular formula is C12H10N4O3. The second-order valence-electron chi connectivity index (χ2n) is 4.22. The van der Waals surface area contributed by atoms with Gasteiger partial charge >= 0.3 is 0 Å². The quantitative estimate of drug-likeness (QED) is 0.742. The zero-order valence-electron chi connectivity index (χ0n) is 9.94. The second kappa shape index (κ2) is 4.60. The summed E-state index contributed by atoms with van der Waals surface area (Å²) in [5.74, 6) is 0.436. The van der Waals surface area contributed by atoms with E-state index >= 15 is 0 Å². The van der Waals surface area contributed by atoms with Crippen LogP contribution in [0.4, 0.5) is 0 Å². The van der Waals surface area contributed by atoms with Gasteiger partial charge in [0.1, 0.15) is 6.54 Å². The summed E-state index contributed by atoms with van der Waals surface area (Å²) in [4.78, 5) is 32.2. The van der Waals surface area contributed by atoms with E-state index in [1.54, 1.807) is 18.5 Å². The number of carbonyl (C=O) groups excluding carboxylic acids is 2. The Morgan fingerprint density at radius 3 is 2.95 bits per heavy atom. The van der Waals surface area contributed by atoms with E-state index in [1.807, 2.05) is 6.07 Å². The molecule has 1 amide bonds. The third-order valence-electron chi connectivity index (χ3n) is 2.78. The molecule has 19 heavy (non-hydrogen) atoms. The SMILES string of the molecule is O=C1CC(=O)N(Cc2nc(-c3cccnc3)no2)C1. The smallest absolute Gasteiger partial charge is 0.246 e. The van der Waals surface area contributed by atoms with Crippen LogP contribution in [0.2, 0.25) is 0 Å². The molecule has 0 unspecified atom stereocenters. The molecule has 0 spiro atoms. The molecular weight excluding hydrogens is 248 g/mol. The molecule has 3 rings (SSSR count). The first kappa shape index (κ1) is 11.5. The van der Waals surface area contributed by atoms with E-state index in [-0.39, 0.29) is 31.2 Å². The number of amides is 1. The highest BCUT2D eigenvalue weighted by atomic mass is 16.5. The van der Waals surface area contributed by atoms with Gasteiger partial charge in [0.15, 0.2) is 5.78 Å². The fraction of sp³-hybridized carbons (Fsp3) is 0.250. The predicted octanol–water partition coefficient (Wildman–Crippen LogP) is 0.433. The summed E-state index contributed by atoms with van der Waals surface area (Å²) >= 11 is 0. The first-order valence-corrected chi connectivity index (χ1v) is 5.75. The molecule has 2 aromatic heterocycles. The van der Waals surface area contributed by atoms with Crippen LogP contribution in [0.15, 0.2) is 29.0 Å². The number of hydrogen-bond acceptors (Lipinski definition) is 6. The number of nitrogens with zero attached hydrogens (tertiary/aromatic N) is 4. The third-order valence-corrected chi connectivity index (χ3v) is 2.78. The minimum atomic E-state index is -0.203. The van der Waals surface area contributed by atoms with Crippen LogP contribution < -0.4 is 0 Å². The first-order valence-electron chi connectivity index (χ1n) is 5.75. The van der Waals surface area contributed by atoms with Crippen LogP contribution in [0.1, 0.15) is 12.3 Å². The third kappa shape index (κ3) is 2.35. The Labute approximate surface area is 108 Å². The number of aromatic nitrogens is 3.